The van der Waals surface area contributed by atoms with E-state index < -0.39 is 11.7 Å². The summed E-state index contributed by atoms with van der Waals surface area (Å²) < 4.78 is 12.9. The van der Waals surface area contributed by atoms with Crippen molar-refractivity contribution in [3.8, 4) is 0 Å². The van der Waals surface area contributed by atoms with Crippen molar-refractivity contribution in [2.24, 2.45) is 11.6 Å². The molecule has 12 heavy (non-hydrogen) atoms. The maximum atomic E-state index is 12.9. The molecule has 0 bridgehead atoms. The molecule has 0 aliphatic rings. The van der Waals surface area contributed by atoms with Gasteiger partial charge in [-0.05, 0) is 12.1 Å². The summed E-state index contributed by atoms with van der Waals surface area (Å²) in [5, 5.41) is 0. The van der Waals surface area contributed by atoms with Crippen molar-refractivity contribution in [3.05, 3.63) is 29.6 Å². The number of halogens is 1. The van der Waals surface area contributed by atoms with Gasteiger partial charge in [0.25, 0.3) is 5.91 Å². The van der Waals surface area contributed by atoms with Gasteiger partial charge in [0, 0.05) is 0 Å². The molecule has 0 aromatic heterocycles. The number of nitrogens with one attached hydrogen (secondary N) is 1. The fraction of sp³-hybridized carbons (Fsp3) is 0. The van der Waals surface area contributed by atoms with Crippen LogP contribution in [0.5, 0.6) is 0 Å². The van der Waals surface area contributed by atoms with Crippen LogP contribution in [0, 0.1) is 5.82 Å². The lowest BCUT2D eigenvalue weighted by Crippen LogP contribution is -2.18. The fourth-order valence-electron chi connectivity index (χ4n) is 0.876. The second kappa shape index (κ2) is 3.19. The highest BCUT2D eigenvalue weighted by Gasteiger charge is 2.10. The summed E-state index contributed by atoms with van der Waals surface area (Å²) in [7, 11) is 0. The number of carbonyl (C=O) groups is 1. The highest BCUT2D eigenvalue weighted by Crippen LogP contribution is 2.17. The number of hydrogen-bond donors (Lipinski definition) is 3. The van der Waals surface area contributed by atoms with Crippen LogP contribution in [0.1, 0.15) is 10.4 Å². The van der Waals surface area contributed by atoms with Gasteiger partial charge < -0.3 is 11.2 Å². The van der Waals surface area contributed by atoms with E-state index in [0.29, 0.717) is 0 Å². The van der Waals surface area contributed by atoms with Crippen LogP contribution < -0.4 is 17.0 Å². The maximum absolute atomic E-state index is 12.9. The third-order valence-corrected chi connectivity index (χ3v) is 1.42. The van der Waals surface area contributed by atoms with Crippen molar-refractivity contribution in [1.82, 2.24) is 0 Å². The van der Waals surface area contributed by atoms with Crippen LogP contribution in [-0.4, -0.2) is 5.91 Å². The molecule has 0 aliphatic carbocycles. The first-order valence-corrected chi connectivity index (χ1v) is 3.21. The molecule has 0 atom stereocenters. The van der Waals surface area contributed by atoms with Gasteiger partial charge in [-0.15, -0.1) is 0 Å². The molecule has 0 saturated carbocycles. The van der Waals surface area contributed by atoms with Crippen LogP contribution in [0.4, 0.5) is 10.1 Å². The van der Waals surface area contributed by atoms with Gasteiger partial charge in [-0.25, -0.2) is 4.39 Å². The van der Waals surface area contributed by atoms with E-state index in [1.165, 1.54) is 18.2 Å². The van der Waals surface area contributed by atoms with E-state index in [0.717, 1.165) is 0 Å². The van der Waals surface area contributed by atoms with Crippen LogP contribution in [0.2, 0.25) is 0 Å². The van der Waals surface area contributed by atoms with Crippen LogP contribution in [0.3, 0.4) is 0 Å². The van der Waals surface area contributed by atoms with E-state index in [1.807, 2.05) is 0 Å². The SMILES string of the molecule is NNc1c(F)cccc1C(N)=O. The van der Waals surface area contributed by atoms with Crippen LogP contribution in [0.15, 0.2) is 18.2 Å². The molecule has 64 valence electrons. The number of nitrogen functional groups attached to an aromatic ring is 1. The van der Waals surface area contributed by atoms with E-state index in [9.17, 15) is 9.18 Å². The molecule has 1 rings (SSSR count). The number of nitrogens with two attached hydrogens (primary N) is 2. The Balaban J connectivity index is 3.27. The smallest absolute Gasteiger partial charge is 0.250 e. The van der Waals surface area contributed by atoms with Crippen LogP contribution in [-0.2, 0) is 0 Å². The lowest BCUT2D eigenvalue weighted by molar-refractivity contribution is 0.100. The van der Waals surface area contributed by atoms with Crippen molar-refractivity contribution in [2.45, 2.75) is 0 Å². The van der Waals surface area contributed by atoms with Gasteiger partial charge >= 0.3 is 0 Å². The van der Waals surface area contributed by atoms with E-state index in [4.69, 9.17) is 11.6 Å². The number of para-hydroxylation sites is 1. The molecule has 5 heteroatoms. The molecule has 1 aromatic rings. The van der Waals surface area contributed by atoms with Gasteiger partial charge in [0.2, 0.25) is 0 Å². The molecule has 0 fully saturated rings. The van der Waals surface area contributed by atoms with E-state index in [-0.39, 0.29) is 11.3 Å². The summed E-state index contributed by atoms with van der Waals surface area (Å²) in [6, 6.07) is 3.96. The summed E-state index contributed by atoms with van der Waals surface area (Å²) in [4.78, 5) is 10.7. The largest absolute Gasteiger partial charge is 0.366 e. The molecule has 4 nitrogen and oxygen atoms in total. The predicted octanol–water partition coefficient (Wildman–Crippen LogP) is 0.210. The molecule has 0 saturated heterocycles. The predicted molar refractivity (Wildman–Crippen MR) is 42.7 cm³/mol. The quantitative estimate of drug-likeness (QED) is 0.437. The Labute approximate surface area is 68.3 Å². The minimum atomic E-state index is -0.720. The van der Waals surface area contributed by atoms with Crippen molar-refractivity contribution < 1.29 is 9.18 Å². The number of amides is 1. The highest BCUT2D eigenvalue weighted by atomic mass is 19.1. The average molecular weight is 169 g/mol. The van der Waals surface area contributed by atoms with Crippen LogP contribution in [0.25, 0.3) is 0 Å². The van der Waals surface area contributed by atoms with Gasteiger partial charge in [0.15, 0.2) is 0 Å². The number of anilines is 1. The highest BCUT2D eigenvalue weighted by molar-refractivity contribution is 5.98. The van der Waals surface area contributed by atoms with Gasteiger partial charge in [-0.2, -0.15) is 0 Å². The van der Waals surface area contributed by atoms with Crippen molar-refractivity contribution in [3.63, 3.8) is 0 Å². The monoisotopic (exact) mass is 169 g/mol. The molecule has 5 N–H and O–H groups in total. The Hall–Kier alpha value is -1.62. The van der Waals surface area contributed by atoms with Crippen molar-refractivity contribution in [1.29, 1.82) is 0 Å². The summed E-state index contributed by atoms with van der Waals surface area (Å²) in [5.74, 6) is 3.67. The minimum absolute atomic E-state index is 0.0394. The van der Waals surface area contributed by atoms with Crippen molar-refractivity contribution in [2.75, 3.05) is 5.43 Å². The zero-order valence-electron chi connectivity index (χ0n) is 6.17. The number of carbonyl (C=O) groups excluding carboxylic acids is 1. The molecular formula is C7H8FN3O. The molecule has 1 amide bonds. The lowest BCUT2D eigenvalue weighted by Gasteiger charge is -2.05. The fourth-order valence-corrected chi connectivity index (χ4v) is 0.876. The normalized spacial score (nSPS) is 9.50. The lowest BCUT2D eigenvalue weighted by atomic mass is 10.1. The first-order chi connectivity index (χ1) is 5.66. The Kier molecular flexibility index (Phi) is 2.25. The Morgan fingerprint density at radius 3 is 2.58 bits per heavy atom. The van der Waals surface area contributed by atoms with Crippen LogP contribution >= 0.6 is 0 Å². The molecular weight excluding hydrogens is 161 g/mol. The number of primary amides is 1. The minimum Gasteiger partial charge on any atom is -0.366 e. The molecule has 0 radical (unpaired) electrons. The average Bonchev–Trinajstić information content (AvgIpc) is 2.03. The van der Waals surface area contributed by atoms with E-state index >= 15 is 0 Å². The maximum Gasteiger partial charge on any atom is 0.250 e. The molecule has 0 unspecified atom stereocenters. The summed E-state index contributed by atoms with van der Waals surface area (Å²) in [6.07, 6.45) is 0. The van der Waals surface area contributed by atoms with Gasteiger partial charge in [-0.1, -0.05) is 6.07 Å². The van der Waals surface area contributed by atoms with Gasteiger partial charge in [0.1, 0.15) is 5.82 Å². The zero-order chi connectivity index (χ0) is 9.14. The van der Waals surface area contributed by atoms with Gasteiger partial charge in [-0.3, -0.25) is 10.6 Å². The Bertz CT molecular complexity index is 314. The topological polar surface area (TPSA) is 81.1 Å². The first kappa shape index (κ1) is 8.48. The Morgan fingerprint density at radius 1 is 1.50 bits per heavy atom. The molecule has 0 aliphatic heterocycles. The first-order valence-electron chi connectivity index (χ1n) is 3.21. The Morgan fingerprint density at radius 2 is 2.17 bits per heavy atom. The third kappa shape index (κ3) is 1.35. The second-order valence-corrected chi connectivity index (χ2v) is 2.17. The number of rotatable bonds is 2. The van der Waals surface area contributed by atoms with Crippen molar-refractivity contribution >= 4 is 11.6 Å². The second-order valence-electron chi connectivity index (χ2n) is 2.17. The molecule has 0 heterocycles. The number of hydrazine groups is 1. The summed E-state index contributed by atoms with van der Waals surface area (Å²) in [5.41, 5.74) is 6.99. The number of benzene rings is 1. The summed E-state index contributed by atoms with van der Waals surface area (Å²) in [6.45, 7) is 0. The van der Waals surface area contributed by atoms with Gasteiger partial charge in [0.05, 0.1) is 11.3 Å². The zero-order valence-corrected chi connectivity index (χ0v) is 6.17. The third-order valence-electron chi connectivity index (χ3n) is 1.42. The van der Waals surface area contributed by atoms with E-state index in [1.54, 1.807) is 0 Å². The molecule has 0 spiro atoms. The summed E-state index contributed by atoms with van der Waals surface area (Å²) >= 11 is 0. The molecule has 1 aromatic carbocycles. The number of hydrogen-bond acceptors (Lipinski definition) is 3. The van der Waals surface area contributed by atoms with E-state index in [2.05, 4.69) is 5.43 Å². The standard InChI is InChI=1S/C7H8FN3O/c8-5-3-1-2-4(7(9)12)6(5)11-10/h1-3,11H,10H2,(H2,9,12).